The first-order valence-electron chi connectivity index (χ1n) is 15.7. The second kappa shape index (κ2) is 11.2. The molecule has 222 valence electrons. The van der Waals surface area contributed by atoms with Crippen LogP contribution in [0.1, 0.15) is 0 Å². The highest BCUT2D eigenvalue weighted by atomic mass is 16.4. The van der Waals surface area contributed by atoms with Gasteiger partial charge in [-0.2, -0.15) is 0 Å². The second-order valence-electron chi connectivity index (χ2n) is 11.6. The Morgan fingerprint density at radius 1 is 0.404 bits per heavy atom. The predicted molar refractivity (Wildman–Crippen MR) is 192 cm³/mol. The van der Waals surface area contributed by atoms with E-state index in [1.807, 2.05) is 60.7 Å². The standard InChI is InChI=1S/C43H28N2O2/c1-4-13-29(14-5-1)30-23-25-31(26-24-30)33-17-12-20-35(27-33)45(34-18-8-3-9-19-34)41-40-39(47-43(44-40)32-15-6-2-7-16-32)28-37-36-21-10-11-22-38(36)46-42(37)41/h1-28H. The van der Waals surface area contributed by atoms with Gasteiger partial charge in [0.2, 0.25) is 5.89 Å². The lowest BCUT2D eigenvalue weighted by Gasteiger charge is -2.26. The van der Waals surface area contributed by atoms with Crippen LogP contribution in [0.4, 0.5) is 17.1 Å². The van der Waals surface area contributed by atoms with Crippen LogP contribution in [0.3, 0.4) is 0 Å². The van der Waals surface area contributed by atoms with E-state index in [2.05, 4.69) is 114 Å². The van der Waals surface area contributed by atoms with Crippen molar-refractivity contribution in [1.82, 2.24) is 4.98 Å². The van der Waals surface area contributed by atoms with Gasteiger partial charge in [0.15, 0.2) is 11.2 Å². The number of para-hydroxylation sites is 2. The lowest BCUT2D eigenvalue weighted by Crippen LogP contribution is -2.11. The summed E-state index contributed by atoms with van der Waals surface area (Å²) in [5.41, 5.74) is 11.4. The third kappa shape index (κ3) is 4.75. The molecule has 0 aliphatic rings. The number of anilines is 3. The number of nitrogens with zero attached hydrogens (tertiary/aromatic N) is 2. The Balaban J connectivity index is 1.27. The van der Waals surface area contributed by atoms with Gasteiger partial charge in [0.25, 0.3) is 0 Å². The van der Waals surface area contributed by atoms with Crippen LogP contribution in [0.5, 0.6) is 0 Å². The fraction of sp³-hybridized carbons (Fsp3) is 0. The minimum Gasteiger partial charge on any atom is -0.454 e. The maximum atomic E-state index is 6.68. The quantitative estimate of drug-likeness (QED) is 0.189. The van der Waals surface area contributed by atoms with Crippen molar-refractivity contribution in [2.45, 2.75) is 0 Å². The summed E-state index contributed by atoms with van der Waals surface area (Å²) in [7, 11) is 0. The van der Waals surface area contributed by atoms with E-state index >= 15 is 0 Å². The Morgan fingerprint density at radius 2 is 0.979 bits per heavy atom. The number of oxazole rings is 1. The highest BCUT2D eigenvalue weighted by Crippen LogP contribution is 2.47. The van der Waals surface area contributed by atoms with Gasteiger partial charge < -0.3 is 13.7 Å². The van der Waals surface area contributed by atoms with E-state index in [4.69, 9.17) is 13.8 Å². The lowest BCUT2D eigenvalue weighted by atomic mass is 9.99. The summed E-state index contributed by atoms with van der Waals surface area (Å²) in [6.45, 7) is 0. The Morgan fingerprint density at radius 3 is 1.72 bits per heavy atom. The van der Waals surface area contributed by atoms with E-state index in [-0.39, 0.29) is 0 Å². The molecule has 0 spiro atoms. The number of hydrogen-bond donors (Lipinski definition) is 0. The summed E-state index contributed by atoms with van der Waals surface area (Å²) in [5, 5.41) is 2.01. The number of hydrogen-bond acceptors (Lipinski definition) is 4. The highest BCUT2D eigenvalue weighted by molar-refractivity contribution is 6.17. The van der Waals surface area contributed by atoms with E-state index in [0.29, 0.717) is 11.5 Å². The van der Waals surface area contributed by atoms with E-state index in [1.54, 1.807) is 0 Å². The van der Waals surface area contributed by atoms with Gasteiger partial charge in [0.1, 0.15) is 16.8 Å². The summed E-state index contributed by atoms with van der Waals surface area (Å²) in [6.07, 6.45) is 0. The molecule has 7 aromatic carbocycles. The summed E-state index contributed by atoms with van der Waals surface area (Å²) in [4.78, 5) is 7.37. The molecule has 0 bridgehead atoms. The van der Waals surface area contributed by atoms with Gasteiger partial charge in [0, 0.05) is 27.7 Å². The normalized spacial score (nSPS) is 11.4. The molecule has 2 aromatic heterocycles. The Bertz CT molecular complexity index is 2500. The zero-order chi connectivity index (χ0) is 31.2. The van der Waals surface area contributed by atoms with Crippen molar-refractivity contribution >= 4 is 50.1 Å². The van der Waals surface area contributed by atoms with Crippen LogP contribution in [0.15, 0.2) is 179 Å². The zero-order valence-corrected chi connectivity index (χ0v) is 25.4. The van der Waals surface area contributed by atoms with Crippen LogP contribution in [0.25, 0.3) is 66.7 Å². The molecule has 0 amide bonds. The van der Waals surface area contributed by atoms with Gasteiger partial charge in [0.05, 0.1) is 0 Å². The molecule has 0 N–H and O–H groups in total. The predicted octanol–water partition coefficient (Wildman–Crippen LogP) is 12.2. The Labute approximate surface area is 271 Å². The number of fused-ring (bicyclic) bond motifs is 4. The lowest BCUT2D eigenvalue weighted by molar-refractivity contribution is 0.620. The fourth-order valence-electron chi connectivity index (χ4n) is 6.43. The van der Waals surface area contributed by atoms with Crippen molar-refractivity contribution in [3.63, 3.8) is 0 Å². The molecular formula is C43H28N2O2. The largest absolute Gasteiger partial charge is 0.454 e. The molecule has 0 saturated carbocycles. The molecule has 0 saturated heterocycles. The first-order valence-corrected chi connectivity index (χ1v) is 15.7. The van der Waals surface area contributed by atoms with Gasteiger partial charge in [-0.15, -0.1) is 0 Å². The number of aromatic nitrogens is 1. The first kappa shape index (κ1) is 27.0. The average molecular weight is 605 g/mol. The summed E-state index contributed by atoms with van der Waals surface area (Å²) in [5.74, 6) is 0.569. The van der Waals surface area contributed by atoms with Gasteiger partial charge in [-0.1, -0.05) is 121 Å². The van der Waals surface area contributed by atoms with E-state index in [9.17, 15) is 0 Å². The molecule has 2 heterocycles. The number of benzene rings is 7. The molecule has 0 aliphatic heterocycles. The van der Waals surface area contributed by atoms with Gasteiger partial charge in [-0.05, 0) is 70.8 Å². The van der Waals surface area contributed by atoms with E-state index < -0.39 is 0 Å². The topological polar surface area (TPSA) is 42.4 Å². The Kier molecular flexibility index (Phi) is 6.43. The molecule has 0 atom stereocenters. The van der Waals surface area contributed by atoms with Crippen LogP contribution >= 0.6 is 0 Å². The molecule has 4 nitrogen and oxygen atoms in total. The van der Waals surface area contributed by atoms with Crippen molar-refractivity contribution in [2.24, 2.45) is 0 Å². The highest BCUT2D eigenvalue weighted by Gasteiger charge is 2.26. The molecule has 9 rings (SSSR count). The monoisotopic (exact) mass is 604 g/mol. The van der Waals surface area contributed by atoms with Crippen molar-refractivity contribution in [3.05, 3.63) is 170 Å². The molecule has 4 heteroatoms. The van der Waals surface area contributed by atoms with Crippen molar-refractivity contribution in [3.8, 4) is 33.7 Å². The van der Waals surface area contributed by atoms with Crippen LogP contribution in [-0.4, -0.2) is 4.98 Å². The van der Waals surface area contributed by atoms with Gasteiger partial charge in [-0.3, -0.25) is 0 Å². The Hall–Kier alpha value is -6.39. The zero-order valence-electron chi connectivity index (χ0n) is 25.4. The molecule has 0 fully saturated rings. The molecule has 0 radical (unpaired) electrons. The third-order valence-corrected chi connectivity index (χ3v) is 8.69. The molecule has 0 unspecified atom stereocenters. The van der Waals surface area contributed by atoms with Crippen LogP contribution in [0, 0.1) is 0 Å². The number of furan rings is 1. The van der Waals surface area contributed by atoms with Crippen molar-refractivity contribution < 1.29 is 8.83 Å². The minimum atomic E-state index is 0.569. The maximum absolute atomic E-state index is 6.68. The maximum Gasteiger partial charge on any atom is 0.227 e. The summed E-state index contributed by atoms with van der Waals surface area (Å²) < 4.78 is 13.2. The molecule has 47 heavy (non-hydrogen) atoms. The summed E-state index contributed by atoms with van der Waals surface area (Å²) >= 11 is 0. The third-order valence-electron chi connectivity index (χ3n) is 8.69. The van der Waals surface area contributed by atoms with Crippen molar-refractivity contribution in [2.75, 3.05) is 4.90 Å². The summed E-state index contributed by atoms with van der Waals surface area (Å²) in [6, 6.07) is 58.5. The smallest absolute Gasteiger partial charge is 0.227 e. The second-order valence-corrected chi connectivity index (χ2v) is 11.6. The van der Waals surface area contributed by atoms with Crippen LogP contribution in [0.2, 0.25) is 0 Å². The van der Waals surface area contributed by atoms with Crippen LogP contribution in [-0.2, 0) is 0 Å². The van der Waals surface area contributed by atoms with Crippen molar-refractivity contribution in [1.29, 1.82) is 0 Å². The fourth-order valence-corrected chi connectivity index (χ4v) is 6.43. The SMILES string of the molecule is c1ccc(-c2ccc(-c3cccc(N(c4ccccc4)c4c5nc(-c6ccccc6)oc5cc5c4oc4ccccc45)c3)cc2)cc1. The average Bonchev–Trinajstić information content (AvgIpc) is 3.75. The molecule has 0 aliphatic carbocycles. The van der Waals surface area contributed by atoms with Gasteiger partial charge >= 0.3 is 0 Å². The number of rotatable bonds is 6. The first-order chi connectivity index (χ1) is 23.3. The molecular weight excluding hydrogens is 576 g/mol. The molecule has 9 aromatic rings. The van der Waals surface area contributed by atoms with E-state index in [1.165, 1.54) is 11.1 Å². The minimum absolute atomic E-state index is 0.569. The van der Waals surface area contributed by atoms with Crippen LogP contribution < -0.4 is 4.90 Å². The van der Waals surface area contributed by atoms with Gasteiger partial charge in [-0.25, -0.2) is 4.98 Å². The van der Waals surface area contributed by atoms with E-state index in [0.717, 1.165) is 61.2 Å².